The Morgan fingerprint density at radius 2 is 2.00 bits per heavy atom. The van der Waals surface area contributed by atoms with Gasteiger partial charge in [-0.1, -0.05) is 52.9 Å². The zero-order valence-electron chi connectivity index (χ0n) is 15.6. The first-order valence-corrected chi connectivity index (χ1v) is 11.4. The number of thioether (sulfide) groups is 1. The molecule has 4 aromatic rings. The lowest BCUT2D eigenvalue weighted by atomic mass is 10.2. The van der Waals surface area contributed by atoms with Crippen LogP contribution in [0.25, 0.3) is 16.0 Å². The van der Waals surface area contributed by atoms with Crippen LogP contribution in [0.2, 0.25) is 5.02 Å². The SMILES string of the molecule is Cc1ccccc1-n1c(=S)sc2c(=O)[nH]c(SCC(=O)Nc3ccc(Cl)cc3)nc21. The van der Waals surface area contributed by atoms with Crippen LogP contribution in [0.5, 0.6) is 0 Å². The molecule has 0 saturated carbocycles. The average Bonchev–Trinajstić information content (AvgIpc) is 3.05. The first kappa shape index (κ1) is 20.8. The molecule has 0 aliphatic heterocycles. The summed E-state index contributed by atoms with van der Waals surface area (Å²) in [6, 6.07) is 14.6. The Hall–Kier alpha value is -2.46. The molecule has 0 bridgehead atoms. The van der Waals surface area contributed by atoms with Crippen LogP contribution >= 0.6 is 46.9 Å². The maximum atomic E-state index is 12.6. The third kappa shape index (κ3) is 4.34. The van der Waals surface area contributed by atoms with Crippen molar-refractivity contribution >= 4 is 68.9 Å². The maximum absolute atomic E-state index is 12.6. The molecule has 0 spiro atoms. The summed E-state index contributed by atoms with van der Waals surface area (Å²) in [5.41, 5.74) is 2.76. The van der Waals surface area contributed by atoms with Crippen LogP contribution < -0.4 is 10.9 Å². The molecule has 0 fully saturated rings. The normalized spacial score (nSPS) is 11.0. The summed E-state index contributed by atoms with van der Waals surface area (Å²) in [5, 5.41) is 3.73. The Labute approximate surface area is 189 Å². The molecule has 10 heteroatoms. The number of anilines is 1. The molecular formula is C20H15ClN4O2S3. The van der Waals surface area contributed by atoms with E-state index in [2.05, 4.69) is 15.3 Å². The van der Waals surface area contributed by atoms with Crippen molar-refractivity contribution in [3.05, 3.63) is 73.4 Å². The molecular weight excluding hydrogens is 460 g/mol. The fraction of sp³-hybridized carbons (Fsp3) is 0.100. The van der Waals surface area contributed by atoms with E-state index >= 15 is 0 Å². The van der Waals surface area contributed by atoms with Crippen LogP contribution in [0.15, 0.2) is 58.5 Å². The molecule has 0 aliphatic carbocycles. The average molecular weight is 475 g/mol. The number of H-pyrrole nitrogens is 1. The molecule has 0 aliphatic rings. The molecule has 30 heavy (non-hydrogen) atoms. The van der Waals surface area contributed by atoms with Gasteiger partial charge in [-0.15, -0.1) is 0 Å². The van der Waals surface area contributed by atoms with E-state index in [4.69, 9.17) is 23.8 Å². The van der Waals surface area contributed by atoms with E-state index < -0.39 is 0 Å². The molecule has 2 aromatic heterocycles. The van der Waals surface area contributed by atoms with Crippen LogP contribution in [-0.4, -0.2) is 26.2 Å². The van der Waals surface area contributed by atoms with Crippen molar-refractivity contribution < 1.29 is 4.79 Å². The van der Waals surface area contributed by atoms with Crippen LogP contribution in [0, 0.1) is 10.9 Å². The summed E-state index contributed by atoms with van der Waals surface area (Å²) < 4.78 is 2.80. The van der Waals surface area contributed by atoms with Crippen molar-refractivity contribution in [3.8, 4) is 5.69 Å². The summed E-state index contributed by atoms with van der Waals surface area (Å²) in [6.45, 7) is 1.98. The Morgan fingerprint density at radius 1 is 1.27 bits per heavy atom. The molecule has 2 heterocycles. The van der Waals surface area contributed by atoms with E-state index in [1.54, 1.807) is 28.8 Å². The fourth-order valence-electron chi connectivity index (χ4n) is 2.85. The van der Waals surface area contributed by atoms with Gasteiger partial charge < -0.3 is 10.3 Å². The number of nitrogens with zero attached hydrogens (tertiary/aromatic N) is 2. The van der Waals surface area contributed by atoms with Crippen molar-refractivity contribution in [2.24, 2.45) is 0 Å². The van der Waals surface area contributed by atoms with Crippen molar-refractivity contribution in [1.29, 1.82) is 0 Å². The van der Waals surface area contributed by atoms with Crippen LogP contribution in [0.4, 0.5) is 5.69 Å². The van der Waals surface area contributed by atoms with Gasteiger partial charge in [-0.05, 0) is 55.0 Å². The van der Waals surface area contributed by atoms with Crippen LogP contribution in [-0.2, 0) is 4.79 Å². The number of carbonyl (C=O) groups excluding carboxylic acids is 1. The molecule has 4 rings (SSSR count). The summed E-state index contributed by atoms with van der Waals surface area (Å²) in [5.74, 6) is -0.127. The monoisotopic (exact) mass is 474 g/mol. The smallest absolute Gasteiger partial charge is 0.271 e. The van der Waals surface area contributed by atoms with E-state index in [0.29, 0.717) is 30.2 Å². The van der Waals surface area contributed by atoms with Gasteiger partial charge in [-0.25, -0.2) is 4.98 Å². The number of fused-ring (bicyclic) bond motifs is 1. The second-order valence-corrected chi connectivity index (χ2v) is 9.40. The Balaban J connectivity index is 1.61. The van der Waals surface area contributed by atoms with E-state index in [1.807, 2.05) is 31.2 Å². The molecule has 2 aromatic carbocycles. The zero-order chi connectivity index (χ0) is 21.3. The number of aryl methyl sites for hydroxylation is 1. The highest BCUT2D eigenvalue weighted by atomic mass is 35.5. The van der Waals surface area contributed by atoms with Gasteiger partial charge in [0.2, 0.25) is 5.91 Å². The molecule has 152 valence electrons. The second-order valence-electron chi connectivity index (χ2n) is 6.36. The molecule has 2 N–H and O–H groups in total. The summed E-state index contributed by atoms with van der Waals surface area (Å²) in [7, 11) is 0. The van der Waals surface area contributed by atoms with Gasteiger partial charge in [0.25, 0.3) is 5.56 Å². The third-order valence-corrected chi connectivity index (χ3v) is 6.73. The van der Waals surface area contributed by atoms with Crippen molar-refractivity contribution in [2.45, 2.75) is 12.1 Å². The van der Waals surface area contributed by atoms with Gasteiger partial charge in [0, 0.05) is 10.7 Å². The van der Waals surface area contributed by atoms with Gasteiger partial charge in [-0.2, -0.15) is 0 Å². The first-order chi connectivity index (χ1) is 14.4. The van der Waals surface area contributed by atoms with Gasteiger partial charge in [0.15, 0.2) is 14.8 Å². The molecule has 0 radical (unpaired) electrons. The number of halogens is 1. The highest BCUT2D eigenvalue weighted by Crippen LogP contribution is 2.26. The minimum atomic E-state index is -0.274. The quantitative estimate of drug-likeness (QED) is 0.236. The van der Waals surface area contributed by atoms with Crippen molar-refractivity contribution in [1.82, 2.24) is 14.5 Å². The van der Waals surface area contributed by atoms with Crippen molar-refractivity contribution in [2.75, 3.05) is 11.1 Å². The first-order valence-electron chi connectivity index (χ1n) is 8.82. The highest BCUT2D eigenvalue weighted by Gasteiger charge is 2.15. The lowest BCUT2D eigenvalue weighted by Crippen LogP contribution is -2.15. The standard InChI is InChI=1S/C20H15ClN4O2S3/c1-11-4-2-3-5-14(11)25-17-16(30-20(25)28)18(27)24-19(23-17)29-10-15(26)22-13-8-6-12(21)7-9-13/h2-9H,10H2,1H3,(H,22,26)(H,23,24,27). The summed E-state index contributed by atoms with van der Waals surface area (Å²) in [6.07, 6.45) is 0. The largest absolute Gasteiger partial charge is 0.325 e. The third-order valence-electron chi connectivity index (χ3n) is 4.25. The second kappa shape index (κ2) is 8.73. The van der Waals surface area contributed by atoms with E-state index in [1.165, 1.54) is 11.3 Å². The lowest BCUT2D eigenvalue weighted by molar-refractivity contribution is -0.113. The van der Waals surface area contributed by atoms with E-state index in [-0.39, 0.29) is 17.2 Å². The van der Waals surface area contributed by atoms with E-state index in [0.717, 1.165) is 23.0 Å². The Morgan fingerprint density at radius 3 is 2.73 bits per heavy atom. The minimum absolute atomic E-state index is 0.0896. The number of aromatic nitrogens is 3. The van der Waals surface area contributed by atoms with Crippen molar-refractivity contribution in [3.63, 3.8) is 0 Å². The van der Waals surface area contributed by atoms with Gasteiger partial charge in [-0.3, -0.25) is 14.2 Å². The predicted octanol–water partition coefficient (Wildman–Crippen LogP) is 5.20. The molecule has 6 nitrogen and oxygen atoms in total. The zero-order valence-corrected chi connectivity index (χ0v) is 18.8. The summed E-state index contributed by atoms with van der Waals surface area (Å²) >= 11 is 13.7. The van der Waals surface area contributed by atoms with Gasteiger partial charge in [0.1, 0.15) is 4.70 Å². The van der Waals surface area contributed by atoms with Crippen LogP contribution in [0.3, 0.4) is 0 Å². The minimum Gasteiger partial charge on any atom is -0.325 e. The number of hydrogen-bond acceptors (Lipinski definition) is 6. The van der Waals surface area contributed by atoms with Gasteiger partial charge in [0.05, 0.1) is 11.4 Å². The Kier molecular flexibility index (Phi) is 6.05. The molecule has 0 unspecified atom stereocenters. The number of amides is 1. The van der Waals surface area contributed by atoms with Crippen LogP contribution in [0.1, 0.15) is 5.56 Å². The number of carbonyl (C=O) groups is 1. The van der Waals surface area contributed by atoms with Gasteiger partial charge >= 0.3 is 0 Å². The predicted molar refractivity (Wildman–Crippen MR) is 126 cm³/mol. The molecule has 1 amide bonds. The number of hydrogen-bond donors (Lipinski definition) is 2. The number of aromatic amines is 1. The number of thiazole rings is 1. The number of benzene rings is 2. The topological polar surface area (TPSA) is 79.8 Å². The summed E-state index contributed by atoms with van der Waals surface area (Å²) in [4.78, 5) is 32.1. The number of para-hydroxylation sites is 1. The Bertz CT molecular complexity index is 1360. The maximum Gasteiger partial charge on any atom is 0.271 e. The molecule has 0 atom stereocenters. The van der Waals surface area contributed by atoms with E-state index in [9.17, 15) is 9.59 Å². The highest BCUT2D eigenvalue weighted by molar-refractivity contribution is 7.99. The number of nitrogens with one attached hydrogen (secondary N) is 2. The lowest BCUT2D eigenvalue weighted by Gasteiger charge is -2.08. The number of rotatable bonds is 5. The molecule has 0 saturated heterocycles. The fourth-order valence-corrected chi connectivity index (χ4v) is 4.89.